The van der Waals surface area contributed by atoms with Gasteiger partial charge in [0.25, 0.3) is 5.91 Å². The zero-order valence-electron chi connectivity index (χ0n) is 13.6. The first kappa shape index (κ1) is 18.0. The number of halogens is 2. The van der Waals surface area contributed by atoms with Crippen LogP contribution < -0.4 is 9.47 Å². The molecule has 1 fully saturated rings. The Morgan fingerprint density at radius 1 is 1.25 bits per heavy atom. The smallest absolute Gasteiger partial charge is 0.387 e. The lowest BCUT2D eigenvalue weighted by Crippen LogP contribution is -2.39. The van der Waals surface area contributed by atoms with E-state index < -0.39 is 12.5 Å². The molecule has 1 aliphatic rings. The molecule has 1 aromatic rings. The van der Waals surface area contributed by atoms with Gasteiger partial charge in [0.2, 0.25) is 5.91 Å². The average molecular weight is 342 g/mol. The summed E-state index contributed by atoms with van der Waals surface area (Å²) in [6, 6.07) is 4.00. The van der Waals surface area contributed by atoms with Gasteiger partial charge in [0.15, 0.2) is 11.5 Å². The highest BCUT2D eigenvalue weighted by Crippen LogP contribution is 2.29. The summed E-state index contributed by atoms with van der Waals surface area (Å²) in [6.07, 6.45) is 1.94. The standard InChI is InChI=1S/C16H20F2N2O4/c1-19(10-14(21)20-7-3-4-8-20)15(22)11-5-6-12(23-2)13(9-11)24-16(17)18/h5-6,9,16H,3-4,7-8,10H2,1-2H3. The van der Waals surface area contributed by atoms with Crippen molar-refractivity contribution in [1.82, 2.24) is 9.80 Å². The minimum Gasteiger partial charge on any atom is -0.493 e. The molecule has 1 aromatic carbocycles. The second-order valence-corrected chi connectivity index (χ2v) is 5.49. The molecular weight excluding hydrogens is 322 g/mol. The largest absolute Gasteiger partial charge is 0.493 e. The van der Waals surface area contributed by atoms with Gasteiger partial charge in [0, 0.05) is 25.7 Å². The topological polar surface area (TPSA) is 59.1 Å². The molecule has 132 valence electrons. The second kappa shape index (κ2) is 7.94. The zero-order chi connectivity index (χ0) is 17.7. The van der Waals surface area contributed by atoms with Crippen molar-refractivity contribution in [3.63, 3.8) is 0 Å². The molecule has 0 bridgehead atoms. The fourth-order valence-electron chi connectivity index (χ4n) is 2.56. The molecule has 2 rings (SSSR count). The maximum Gasteiger partial charge on any atom is 0.387 e. The predicted molar refractivity (Wildman–Crippen MR) is 82.4 cm³/mol. The van der Waals surface area contributed by atoms with Crippen molar-refractivity contribution in [2.24, 2.45) is 0 Å². The molecule has 0 atom stereocenters. The van der Waals surface area contributed by atoms with E-state index in [1.807, 2.05) is 0 Å². The van der Waals surface area contributed by atoms with Crippen molar-refractivity contribution in [1.29, 1.82) is 0 Å². The molecule has 0 N–H and O–H groups in total. The van der Waals surface area contributed by atoms with Gasteiger partial charge in [-0.05, 0) is 31.0 Å². The van der Waals surface area contributed by atoms with Gasteiger partial charge in [-0.25, -0.2) is 0 Å². The Labute approximate surface area is 138 Å². The van der Waals surface area contributed by atoms with Crippen molar-refractivity contribution < 1.29 is 27.8 Å². The number of methoxy groups -OCH3 is 1. The molecule has 24 heavy (non-hydrogen) atoms. The summed E-state index contributed by atoms with van der Waals surface area (Å²) in [4.78, 5) is 27.5. The lowest BCUT2D eigenvalue weighted by molar-refractivity contribution is -0.130. The summed E-state index contributed by atoms with van der Waals surface area (Å²) in [5.41, 5.74) is 0.142. The highest BCUT2D eigenvalue weighted by atomic mass is 19.3. The number of amides is 2. The number of hydrogen-bond donors (Lipinski definition) is 0. The SMILES string of the molecule is COc1ccc(C(=O)N(C)CC(=O)N2CCCC2)cc1OC(F)F. The molecule has 0 unspecified atom stereocenters. The van der Waals surface area contributed by atoms with Gasteiger partial charge in [-0.15, -0.1) is 0 Å². The van der Waals surface area contributed by atoms with Crippen LogP contribution >= 0.6 is 0 Å². The van der Waals surface area contributed by atoms with Gasteiger partial charge >= 0.3 is 6.61 Å². The molecule has 1 aliphatic heterocycles. The van der Waals surface area contributed by atoms with Gasteiger partial charge in [-0.3, -0.25) is 9.59 Å². The number of alkyl halides is 2. The van der Waals surface area contributed by atoms with E-state index in [9.17, 15) is 18.4 Å². The van der Waals surface area contributed by atoms with Crippen molar-refractivity contribution in [3.8, 4) is 11.5 Å². The Bertz CT molecular complexity index is 604. The average Bonchev–Trinajstić information content (AvgIpc) is 3.08. The van der Waals surface area contributed by atoms with E-state index in [-0.39, 0.29) is 29.5 Å². The first-order chi connectivity index (χ1) is 11.4. The number of carbonyl (C=O) groups excluding carboxylic acids is 2. The van der Waals surface area contributed by atoms with Crippen molar-refractivity contribution in [3.05, 3.63) is 23.8 Å². The molecule has 1 saturated heterocycles. The molecule has 8 heteroatoms. The summed E-state index contributed by atoms with van der Waals surface area (Å²) >= 11 is 0. The minimum absolute atomic E-state index is 0.0596. The molecule has 1 heterocycles. The van der Waals surface area contributed by atoms with Crippen LogP contribution in [0.3, 0.4) is 0 Å². The summed E-state index contributed by atoms with van der Waals surface area (Å²) < 4.78 is 34.2. The lowest BCUT2D eigenvalue weighted by Gasteiger charge is -2.21. The lowest BCUT2D eigenvalue weighted by atomic mass is 10.1. The van der Waals surface area contributed by atoms with Crippen LogP contribution in [0, 0.1) is 0 Å². The first-order valence-corrected chi connectivity index (χ1v) is 7.58. The van der Waals surface area contributed by atoms with Crippen LogP contribution in [0.15, 0.2) is 18.2 Å². The molecule has 0 spiro atoms. The normalized spacial score (nSPS) is 14.0. The van der Waals surface area contributed by atoms with Crippen molar-refractivity contribution in [2.75, 3.05) is 33.8 Å². The van der Waals surface area contributed by atoms with Gasteiger partial charge in [0.1, 0.15) is 0 Å². The number of rotatable bonds is 6. The number of likely N-dealkylation sites (N-methyl/N-ethyl adjacent to an activating group) is 1. The van der Waals surface area contributed by atoms with E-state index in [1.165, 1.54) is 37.3 Å². The summed E-state index contributed by atoms with van der Waals surface area (Å²) in [5, 5.41) is 0. The third-order valence-corrected chi connectivity index (χ3v) is 3.80. The van der Waals surface area contributed by atoms with Crippen LogP contribution in [0.1, 0.15) is 23.2 Å². The first-order valence-electron chi connectivity index (χ1n) is 7.58. The molecule has 0 aromatic heterocycles. The zero-order valence-corrected chi connectivity index (χ0v) is 13.6. The van der Waals surface area contributed by atoms with Gasteiger partial charge in [-0.2, -0.15) is 8.78 Å². The van der Waals surface area contributed by atoms with E-state index >= 15 is 0 Å². The van der Waals surface area contributed by atoms with E-state index in [2.05, 4.69) is 4.74 Å². The number of nitrogens with zero attached hydrogens (tertiary/aromatic N) is 2. The highest BCUT2D eigenvalue weighted by Gasteiger charge is 2.22. The molecule has 2 amide bonds. The van der Waals surface area contributed by atoms with Crippen LogP contribution in [-0.4, -0.2) is 62.0 Å². The molecule has 0 radical (unpaired) electrons. The summed E-state index contributed by atoms with van der Waals surface area (Å²) in [7, 11) is 2.81. The number of likely N-dealkylation sites (tertiary alicyclic amines) is 1. The molecule has 0 aliphatic carbocycles. The van der Waals surface area contributed by atoms with E-state index in [1.54, 1.807) is 4.90 Å². The van der Waals surface area contributed by atoms with Crippen LogP contribution in [0.25, 0.3) is 0 Å². The summed E-state index contributed by atoms with van der Waals surface area (Å²) in [5.74, 6) is -0.703. The fourth-order valence-corrected chi connectivity index (χ4v) is 2.56. The predicted octanol–water partition coefficient (Wildman–Crippen LogP) is 1.99. The maximum absolute atomic E-state index is 12.4. The van der Waals surface area contributed by atoms with Gasteiger partial charge in [-0.1, -0.05) is 0 Å². The van der Waals surface area contributed by atoms with Crippen molar-refractivity contribution in [2.45, 2.75) is 19.5 Å². The quantitative estimate of drug-likeness (QED) is 0.793. The fraction of sp³-hybridized carbons (Fsp3) is 0.500. The third kappa shape index (κ3) is 4.33. The minimum atomic E-state index is -3.03. The Morgan fingerprint density at radius 3 is 2.50 bits per heavy atom. The van der Waals surface area contributed by atoms with E-state index in [0.29, 0.717) is 13.1 Å². The number of hydrogen-bond acceptors (Lipinski definition) is 4. The van der Waals surface area contributed by atoms with Crippen LogP contribution in [-0.2, 0) is 4.79 Å². The van der Waals surface area contributed by atoms with E-state index in [0.717, 1.165) is 12.8 Å². The van der Waals surface area contributed by atoms with Gasteiger partial charge < -0.3 is 19.3 Å². The van der Waals surface area contributed by atoms with Crippen LogP contribution in [0.4, 0.5) is 8.78 Å². The Kier molecular flexibility index (Phi) is 5.94. The molecule has 0 saturated carbocycles. The van der Waals surface area contributed by atoms with E-state index in [4.69, 9.17) is 4.74 Å². The Hall–Kier alpha value is -2.38. The molecule has 6 nitrogen and oxygen atoms in total. The van der Waals surface area contributed by atoms with Crippen LogP contribution in [0.2, 0.25) is 0 Å². The number of benzene rings is 1. The highest BCUT2D eigenvalue weighted by molar-refractivity contribution is 5.97. The molecular formula is C16H20F2N2O4. The number of ether oxygens (including phenoxy) is 2. The third-order valence-electron chi connectivity index (χ3n) is 3.80. The van der Waals surface area contributed by atoms with Crippen molar-refractivity contribution >= 4 is 11.8 Å². The summed E-state index contributed by atoms with van der Waals surface area (Å²) in [6.45, 7) is -1.68. The number of carbonyl (C=O) groups is 2. The Balaban J connectivity index is 2.08. The van der Waals surface area contributed by atoms with Crippen LogP contribution in [0.5, 0.6) is 11.5 Å². The maximum atomic E-state index is 12.4. The Morgan fingerprint density at radius 2 is 1.92 bits per heavy atom. The second-order valence-electron chi connectivity index (χ2n) is 5.49. The monoisotopic (exact) mass is 342 g/mol. The van der Waals surface area contributed by atoms with Gasteiger partial charge in [0.05, 0.1) is 13.7 Å².